The summed E-state index contributed by atoms with van der Waals surface area (Å²) in [5, 5.41) is 20.8. The molecule has 0 bridgehead atoms. The molecular formula is C24H44O4. The average Bonchev–Trinajstić information content (AvgIpc) is 2.79. The van der Waals surface area contributed by atoms with Crippen LogP contribution in [-0.2, 0) is 9.59 Å². The molecular weight excluding hydrogens is 352 g/mol. The van der Waals surface area contributed by atoms with E-state index in [0.717, 1.165) is 70.6 Å². The number of hydrogen-bond donors (Lipinski definition) is 2. The van der Waals surface area contributed by atoms with Crippen molar-refractivity contribution >= 4 is 11.9 Å². The quantitative estimate of drug-likeness (QED) is 0.243. The lowest BCUT2D eigenvalue weighted by atomic mass is 9.55. The number of carbonyl (C=O) groups is 2. The number of rotatable bonds is 14. The Morgan fingerprint density at radius 2 is 1.25 bits per heavy atom. The standard InChI is InChI=1S/C24H44O4/c1-4-6-8-10-12-16-23(21(25)26)18-14-15-20(3)19-24(23,22(27)28)17-13-11-9-7-5-2/h20H,4-19H2,1-3H3,(H,25,26)(H,27,28). The minimum Gasteiger partial charge on any atom is -0.481 e. The summed E-state index contributed by atoms with van der Waals surface area (Å²) in [6.45, 7) is 6.44. The molecule has 4 heteroatoms. The van der Waals surface area contributed by atoms with Crippen LogP contribution in [0.25, 0.3) is 0 Å². The predicted molar refractivity (Wildman–Crippen MR) is 115 cm³/mol. The Morgan fingerprint density at radius 3 is 1.71 bits per heavy atom. The summed E-state index contributed by atoms with van der Waals surface area (Å²) in [6, 6.07) is 0. The van der Waals surface area contributed by atoms with Gasteiger partial charge >= 0.3 is 11.9 Å². The van der Waals surface area contributed by atoms with Crippen molar-refractivity contribution in [2.75, 3.05) is 0 Å². The van der Waals surface area contributed by atoms with E-state index in [4.69, 9.17) is 0 Å². The summed E-state index contributed by atoms with van der Waals surface area (Å²) in [5.74, 6) is -1.46. The molecule has 0 spiro atoms. The van der Waals surface area contributed by atoms with Crippen LogP contribution in [0, 0.1) is 16.7 Å². The Balaban J connectivity index is 3.10. The van der Waals surface area contributed by atoms with Crippen molar-refractivity contribution in [2.45, 2.75) is 124 Å². The van der Waals surface area contributed by atoms with Gasteiger partial charge in [-0.05, 0) is 31.6 Å². The number of carboxylic acid groups (broad SMARTS) is 2. The molecule has 0 aliphatic heterocycles. The molecule has 1 aliphatic carbocycles. The van der Waals surface area contributed by atoms with Gasteiger partial charge in [-0.1, -0.05) is 97.8 Å². The van der Waals surface area contributed by atoms with E-state index >= 15 is 0 Å². The van der Waals surface area contributed by atoms with Gasteiger partial charge in [0.1, 0.15) is 0 Å². The van der Waals surface area contributed by atoms with Crippen LogP contribution in [0.2, 0.25) is 0 Å². The molecule has 0 aromatic rings. The fourth-order valence-corrected chi connectivity index (χ4v) is 5.47. The van der Waals surface area contributed by atoms with E-state index in [1.54, 1.807) is 0 Å². The largest absolute Gasteiger partial charge is 0.481 e. The van der Waals surface area contributed by atoms with Gasteiger partial charge in [0.05, 0.1) is 10.8 Å². The number of aliphatic carboxylic acids is 2. The fourth-order valence-electron chi connectivity index (χ4n) is 5.47. The first-order valence-corrected chi connectivity index (χ1v) is 11.8. The first-order chi connectivity index (χ1) is 13.4. The Hall–Kier alpha value is -1.06. The second-order valence-electron chi connectivity index (χ2n) is 9.30. The Labute approximate surface area is 172 Å². The van der Waals surface area contributed by atoms with Gasteiger partial charge in [0.2, 0.25) is 0 Å². The van der Waals surface area contributed by atoms with E-state index in [2.05, 4.69) is 20.8 Å². The smallest absolute Gasteiger partial charge is 0.310 e. The molecule has 1 fully saturated rings. The lowest BCUT2D eigenvalue weighted by Crippen LogP contribution is -2.52. The van der Waals surface area contributed by atoms with Crippen LogP contribution < -0.4 is 0 Å². The van der Waals surface area contributed by atoms with Crippen molar-refractivity contribution < 1.29 is 19.8 Å². The monoisotopic (exact) mass is 396 g/mol. The van der Waals surface area contributed by atoms with Crippen molar-refractivity contribution in [1.82, 2.24) is 0 Å². The van der Waals surface area contributed by atoms with E-state index < -0.39 is 22.8 Å². The molecule has 3 unspecified atom stereocenters. The van der Waals surface area contributed by atoms with Gasteiger partial charge in [0.25, 0.3) is 0 Å². The van der Waals surface area contributed by atoms with Crippen molar-refractivity contribution in [2.24, 2.45) is 16.7 Å². The van der Waals surface area contributed by atoms with Crippen LogP contribution in [0.4, 0.5) is 0 Å². The molecule has 3 atom stereocenters. The van der Waals surface area contributed by atoms with E-state index in [-0.39, 0.29) is 5.92 Å². The molecule has 1 aliphatic rings. The predicted octanol–water partition coefficient (Wildman–Crippen LogP) is 7.06. The third kappa shape index (κ3) is 6.22. The van der Waals surface area contributed by atoms with Crippen molar-refractivity contribution in [3.63, 3.8) is 0 Å². The van der Waals surface area contributed by atoms with Gasteiger partial charge in [-0.3, -0.25) is 9.59 Å². The van der Waals surface area contributed by atoms with Crippen LogP contribution in [0.1, 0.15) is 124 Å². The molecule has 28 heavy (non-hydrogen) atoms. The van der Waals surface area contributed by atoms with E-state index in [1.165, 1.54) is 6.42 Å². The highest BCUT2D eigenvalue weighted by Crippen LogP contribution is 2.56. The third-order valence-corrected chi connectivity index (χ3v) is 7.15. The first-order valence-electron chi connectivity index (χ1n) is 11.8. The average molecular weight is 397 g/mol. The van der Waals surface area contributed by atoms with Crippen molar-refractivity contribution in [3.05, 3.63) is 0 Å². The zero-order valence-corrected chi connectivity index (χ0v) is 18.6. The molecule has 0 amide bonds. The summed E-state index contributed by atoms with van der Waals surface area (Å²) in [6.07, 6.45) is 14.3. The SMILES string of the molecule is CCCCCCCC1(C(=O)O)CCCC(C)CC1(CCCCCCC)C(=O)O. The molecule has 0 aromatic carbocycles. The van der Waals surface area contributed by atoms with Crippen LogP contribution >= 0.6 is 0 Å². The lowest BCUT2D eigenvalue weighted by molar-refractivity contribution is -0.178. The lowest BCUT2D eigenvalue weighted by Gasteiger charge is -2.45. The van der Waals surface area contributed by atoms with Crippen molar-refractivity contribution in [3.8, 4) is 0 Å². The minimum absolute atomic E-state index is 0.271. The van der Waals surface area contributed by atoms with Crippen LogP contribution in [0.5, 0.6) is 0 Å². The number of carboxylic acids is 2. The second-order valence-corrected chi connectivity index (χ2v) is 9.30. The summed E-state index contributed by atoms with van der Waals surface area (Å²) < 4.78 is 0. The maximum absolute atomic E-state index is 12.7. The molecule has 1 saturated carbocycles. The van der Waals surface area contributed by atoms with Gasteiger partial charge in [-0.15, -0.1) is 0 Å². The molecule has 0 aromatic heterocycles. The molecule has 0 radical (unpaired) electrons. The normalized spacial score (nSPS) is 28.0. The number of unbranched alkanes of at least 4 members (excludes halogenated alkanes) is 8. The maximum atomic E-state index is 12.7. The maximum Gasteiger partial charge on any atom is 0.310 e. The highest BCUT2D eigenvalue weighted by Gasteiger charge is 2.61. The van der Waals surface area contributed by atoms with E-state index in [0.29, 0.717) is 25.7 Å². The molecule has 1 rings (SSSR count). The van der Waals surface area contributed by atoms with Gasteiger partial charge in [-0.25, -0.2) is 0 Å². The van der Waals surface area contributed by atoms with Gasteiger partial charge < -0.3 is 10.2 Å². The van der Waals surface area contributed by atoms with E-state index in [9.17, 15) is 19.8 Å². The summed E-state index contributed by atoms with van der Waals surface area (Å²) in [5.41, 5.74) is -2.23. The summed E-state index contributed by atoms with van der Waals surface area (Å²) >= 11 is 0. The molecule has 4 nitrogen and oxygen atoms in total. The van der Waals surface area contributed by atoms with Crippen molar-refractivity contribution in [1.29, 1.82) is 0 Å². The molecule has 164 valence electrons. The topological polar surface area (TPSA) is 74.6 Å². The number of hydrogen-bond acceptors (Lipinski definition) is 2. The van der Waals surface area contributed by atoms with Crippen LogP contribution in [-0.4, -0.2) is 22.2 Å². The van der Waals surface area contributed by atoms with Gasteiger partial charge in [-0.2, -0.15) is 0 Å². The van der Waals surface area contributed by atoms with Crippen LogP contribution in [0.3, 0.4) is 0 Å². The zero-order chi connectivity index (χ0) is 21.0. The molecule has 2 N–H and O–H groups in total. The highest BCUT2D eigenvalue weighted by molar-refractivity contribution is 5.86. The van der Waals surface area contributed by atoms with Gasteiger partial charge in [0, 0.05) is 0 Å². The second kappa shape index (κ2) is 12.5. The molecule has 0 saturated heterocycles. The Kier molecular flexibility index (Phi) is 11.1. The van der Waals surface area contributed by atoms with Crippen LogP contribution in [0.15, 0.2) is 0 Å². The van der Waals surface area contributed by atoms with E-state index in [1.807, 2.05) is 0 Å². The Morgan fingerprint density at radius 1 is 0.786 bits per heavy atom. The minimum atomic E-state index is -1.12. The summed E-state index contributed by atoms with van der Waals surface area (Å²) in [7, 11) is 0. The first kappa shape index (κ1) is 25.0. The van der Waals surface area contributed by atoms with Gasteiger partial charge in [0.15, 0.2) is 0 Å². The Bertz CT molecular complexity index is 475. The summed E-state index contributed by atoms with van der Waals surface area (Å²) in [4.78, 5) is 25.3. The highest BCUT2D eigenvalue weighted by atomic mass is 16.4. The molecule has 0 heterocycles. The fraction of sp³-hybridized carbons (Fsp3) is 0.917. The third-order valence-electron chi connectivity index (χ3n) is 7.15. The zero-order valence-electron chi connectivity index (χ0n) is 18.6.